The molecule has 3 rings (SSSR count). The standard InChI is InChI=1S/C29H35N3O5S/c1-5-30-29(34)27(19-23-12-7-6-8-13-23)31(20-24-14-10-16-26(18-24)37-3)28(33)21-32(38(4,35)36)25-15-9-11-22(2)17-25/h6-18,27H,5,19-21H2,1-4H3,(H,30,34)/t27-/m0/s1. The normalized spacial score (nSPS) is 11.9. The molecule has 202 valence electrons. The van der Waals surface area contributed by atoms with Gasteiger partial charge in [0.1, 0.15) is 18.3 Å². The van der Waals surface area contributed by atoms with Gasteiger partial charge in [-0.1, -0.05) is 54.6 Å². The highest BCUT2D eigenvalue weighted by Gasteiger charge is 2.32. The van der Waals surface area contributed by atoms with E-state index in [1.165, 1.54) is 4.90 Å². The van der Waals surface area contributed by atoms with Gasteiger partial charge in [-0.25, -0.2) is 8.42 Å². The summed E-state index contributed by atoms with van der Waals surface area (Å²) in [5, 5.41) is 2.84. The Morgan fingerprint density at radius 2 is 1.63 bits per heavy atom. The minimum absolute atomic E-state index is 0.0933. The van der Waals surface area contributed by atoms with Crippen LogP contribution in [0, 0.1) is 6.92 Å². The molecule has 1 atom stereocenters. The van der Waals surface area contributed by atoms with Crippen molar-refractivity contribution >= 4 is 27.5 Å². The van der Waals surface area contributed by atoms with E-state index < -0.39 is 28.5 Å². The average molecular weight is 538 g/mol. The van der Waals surface area contributed by atoms with E-state index in [9.17, 15) is 18.0 Å². The fraction of sp³-hybridized carbons (Fsp3) is 0.310. The lowest BCUT2D eigenvalue weighted by atomic mass is 10.0. The van der Waals surface area contributed by atoms with Crippen molar-refractivity contribution in [2.45, 2.75) is 32.9 Å². The van der Waals surface area contributed by atoms with E-state index in [1.54, 1.807) is 37.4 Å². The molecule has 1 N–H and O–H groups in total. The van der Waals surface area contributed by atoms with Crippen molar-refractivity contribution in [3.05, 3.63) is 95.6 Å². The molecule has 9 heteroatoms. The van der Waals surface area contributed by atoms with E-state index in [1.807, 2.05) is 62.4 Å². The summed E-state index contributed by atoms with van der Waals surface area (Å²) in [4.78, 5) is 28.8. The third-order valence-corrected chi connectivity index (χ3v) is 7.22. The third kappa shape index (κ3) is 7.82. The first-order valence-electron chi connectivity index (χ1n) is 12.4. The van der Waals surface area contributed by atoms with E-state index in [-0.39, 0.29) is 18.9 Å². The van der Waals surface area contributed by atoms with E-state index in [4.69, 9.17) is 4.74 Å². The molecule has 3 aromatic carbocycles. The Morgan fingerprint density at radius 3 is 2.26 bits per heavy atom. The van der Waals surface area contributed by atoms with Gasteiger partial charge in [0.15, 0.2) is 0 Å². The molecule has 0 aliphatic carbocycles. The number of hydrogen-bond donors (Lipinski definition) is 1. The second kappa shape index (κ2) is 13.1. The lowest BCUT2D eigenvalue weighted by Crippen LogP contribution is -2.53. The number of rotatable bonds is 12. The van der Waals surface area contributed by atoms with Crippen molar-refractivity contribution in [3.63, 3.8) is 0 Å². The summed E-state index contributed by atoms with van der Waals surface area (Å²) in [7, 11) is -2.24. The topological polar surface area (TPSA) is 96.0 Å². The first-order chi connectivity index (χ1) is 18.1. The minimum atomic E-state index is -3.80. The Balaban J connectivity index is 2.05. The number of nitrogens with zero attached hydrogens (tertiary/aromatic N) is 2. The van der Waals surface area contributed by atoms with E-state index >= 15 is 0 Å². The summed E-state index contributed by atoms with van der Waals surface area (Å²) in [6.07, 6.45) is 1.34. The van der Waals surface area contributed by atoms with Gasteiger partial charge in [0.05, 0.1) is 19.1 Å². The molecule has 0 bridgehead atoms. The first kappa shape index (κ1) is 28.7. The van der Waals surface area contributed by atoms with E-state index in [2.05, 4.69) is 5.32 Å². The second-order valence-corrected chi connectivity index (χ2v) is 11.0. The number of benzene rings is 3. The summed E-state index contributed by atoms with van der Waals surface area (Å²) in [6, 6.07) is 22.8. The van der Waals surface area contributed by atoms with E-state index in [0.717, 1.165) is 27.3 Å². The fourth-order valence-electron chi connectivity index (χ4n) is 4.21. The number of methoxy groups -OCH3 is 1. The number of likely N-dealkylation sites (N-methyl/N-ethyl adjacent to an activating group) is 1. The molecule has 0 fully saturated rings. The molecule has 0 spiro atoms. The molecule has 0 saturated carbocycles. The Labute approximate surface area is 225 Å². The second-order valence-electron chi connectivity index (χ2n) is 9.08. The molecule has 0 heterocycles. The van der Waals surface area contributed by atoms with Crippen LogP contribution in [0.3, 0.4) is 0 Å². The SMILES string of the molecule is CCNC(=O)[C@H](Cc1ccccc1)N(Cc1cccc(OC)c1)C(=O)CN(c1cccc(C)c1)S(C)(=O)=O. The zero-order valence-electron chi connectivity index (χ0n) is 22.3. The number of amides is 2. The van der Waals surface area contributed by atoms with Crippen molar-refractivity contribution in [2.24, 2.45) is 0 Å². The first-order valence-corrected chi connectivity index (χ1v) is 14.3. The number of hydrogen-bond acceptors (Lipinski definition) is 5. The van der Waals surface area contributed by atoms with Crippen LogP contribution in [0.25, 0.3) is 0 Å². The average Bonchev–Trinajstić information content (AvgIpc) is 2.89. The number of aryl methyl sites for hydroxylation is 1. The maximum absolute atomic E-state index is 14.0. The highest BCUT2D eigenvalue weighted by atomic mass is 32.2. The molecule has 2 amide bonds. The van der Waals surface area contributed by atoms with Gasteiger partial charge in [-0.05, 0) is 54.8 Å². The van der Waals surface area contributed by atoms with Gasteiger partial charge in [0, 0.05) is 19.5 Å². The summed E-state index contributed by atoms with van der Waals surface area (Å²) in [6.45, 7) is 3.71. The molecule has 0 aromatic heterocycles. The summed E-state index contributed by atoms with van der Waals surface area (Å²) >= 11 is 0. The number of sulfonamides is 1. The van der Waals surface area contributed by atoms with Gasteiger partial charge >= 0.3 is 0 Å². The number of nitrogens with one attached hydrogen (secondary N) is 1. The Bertz CT molecular complexity index is 1350. The van der Waals surface area contributed by atoms with Crippen LogP contribution in [0.15, 0.2) is 78.9 Å². The molecule has 0 aliphatic heterocycles. The van der Waals surface area contributed by atoms with Crippen LogP contribution in [-0.2, 0) is 32.6 Å². The molecule has 0 unspecified atom stereocenters. The van der Waals surface area contributed by atoms with Gasteiger partial charge in [0.25, 0.3) is 0 Å². The van der Waals surface area contributed by atoms with Crippen molar-refractivity contribution in [1.29, 1.82) is 0 Å². The Hall–Kier alpha value is -3.85. The zero-order chi connectivity index (χ0) is 27.7. The predicted octanol–water partition coefficient (Wildman–Crippen LogP) is 3.55. The van der Waals surface area contributed by atoms with Crippen molar-refractivity contribution < 1.29 is 22.7 Å². The quantitative estimate of drug-likeness (QED) is 0.381. The van der Waals surface area contributed by atoms with Gasteiger partial charge in [-0.3, -0.25) is 13.9 Å². The molecular formula is C29H35N3O5S. The van der Waals surface area contributed by atoms with Crippen LogP contribution < -0.4 is 14.4 Å². The molecular weight excluding hydrogens is 502 g/mol. The highest BCUT2D eigenvalue weighted by molar-refractivity contribution is 7.92. The smallest absolute Gasteiger partial charge is 0.244 e. The molecule has 38 heavy (non-hydrogen) atoms. The maximum Gasteiger partial charge on any atom is 0.244 e. The molecule has 0 aliphatic rings. The summed E-state index contributed by atoms with van der Waals surface area (Å²) in [5.41, 5.74) is 2.88. The van der Waals surface area contributed by atoms with Crippen LogP contribution in [0.4, 0.5) is 5.69 Å². The van der Waals surface area contributed by atoms with Crippen molar-refractivity contribution in [1.82, 2.24) is 10.2 Å². The molecule has 3 aromatic rings. The number of carbonyl (C=O) groups is 2. The van der Waals surface area contributed by atoms with Gasteiger partial charge < -0.3 is 15.0 Å². The lowest BCUT2D eigenvalue weighted by molar-refractivity contribution is -0.140. The predicted molar refractivity (Wildman–Crippen MR) is 150 cm³/mol. The zero-order valence-corrected chi connectivity index (χ0v) is 23.1. The van der Waals surface area contributed by atoms with Crippen LogP contribution in [0.2, 0.25) is 0 Å². The molecule has 0 radical (unpaired) electrons. The maximum atomic E-state index is 14.0. The Morgan fingerprint density at radius 1 is 0.947 bits per heavy atom. The number of ether oxygens (including phenoxy) is 1. The monoisotopic (exact) mass is 537 g/mol. The van der Waals surface area contributed by atoms with Crippen LogP contribution in [0.1, 0.15) is 23.6 Å². The van der Waals surface area contributed by atoms with E-state index in [0.29, 0.717) is 18.0 Å². The van der Waals surface area contributed by atoms with Crippen molar-refractivity contribution in [3.8, 4) is 5.75 Å². The highest BCUT2D eigenvalue weighted by Crippen LogP contribution is 2.22. The van der Waals surface area contributed by atoms with Crippen LogP contribution >= 0.6 is 0 Å². The van der Waals surface area contributed by atoms with Gasteiger partial charge in [0.2, 0.25) is 21.8 Å². The summed E-state index contributed by atoms with van der Waals surface area (Å²) < 4.78 is 32.0. The fourth-order valence-corrected chi connectivity index (χ4v) is 5.05. The molecule has 0 saturated heterocycles. The largest absolute Gasteiger partial charge is 0.497 e. The van der Waals surface area contributed by atoms with Gasteiger partial charge in [-0.15, -0.1) is 0 Å². The molecule has 8 nitrogen and oxygen atoms in total. The third-order valence-electron chi connectivity index (χ3n) is 6.08. The summed E-state index contributed by atoms with van der Waals surface area (Å²) in [5.74, 6) is -0.189. The van der Waals surface area contributed by atoms with Crippen molar-refractivity contribution in [2.75, 3.05) is 30.8 Å². The van der Waals surface area contributed by atoms with Crippen LogP contribution in [-0.4, -0.2) is 57.6 Å². The number of anilines is 1. The Kier molecular flexibility index (Phi) is 9.90. The minimum Gasteiger partial charge on any atom is -0.497 e. The number of carbonyl (C=O) groups excluding carboxylic acids is 2. The van der Waals surface area contributed by atoms with Crippen LogP contribution in [0.5, 0.6) is 5.75 Å². The lowest BCUT2D eigenvalue weighted by Gasteiger charge is -2.33. The van der Waals surface area contributed by atoms with Gasteiger partial charge in [-0.2, -0.15) is 0 Å².